The minimum Gasteiger partial charge on any atom is -0.378 e. The molecule has 0 bridgehead atoms. The van der Waals surface area contributed by atoms with E-state index in [9.17, 15) is 4.79 Å². The third-order valence-electron chi connectivity index (χ3n) is 4.56. The summed E-state index contributed by atoms with van der Waals surface area (Å²) in [6.07, 6.45) is 6.10. The van der Waals surface area contributed by atoms with E-state index in [0.717, 1.165) is 39.0 Å². The van der Waals surface area contributed by atoms with Gasteiger partial charge < -0.3 is 9.64 Å². The summed E-state index contributed by atoms with van der Waals surface area (Å²) < 4.78 is 7.29. The van der Waals surface area contributed by atoms with Gasteiger partial charge in [-0.05, 0) is 32.4 Å². The molecule has 0 unspecified atom stereocenters. The number of hydrogen-bond acceptors (Lipinski definition) is 4. The maximum Gasteiger partial charge on any atom is 0.239 e. The number of carbonyl (C=O) groups excluding carboxylic acids is 1. The van der Waals surface area contributed by atoms with Crippen LogP contribution in [0.25, 0.3) is 0 Å². The number of nitrogens with zero attached hydrogens (tertiary/aromatic N) is 4. The standard InChI is InChI=1S/C15H24N4O2/c1-13(15(20)17-8-10-21-11-9-17)19-7-2-4-14(19)12-18-6-3-5-16-18/h3,5-6,13-14H,2,4,7-12H2,1H3/t13-,14-/m0/s1. The van der Waals surface area contributed by atoms with Crippen LogP contribution in [0.5, 0.6) is 0 Å². The Hall–Kier alpha value is -1.40. The van der Waals surface area contributed by atoms with Gasteiger partial charge in [-0.25, -0.2) is 0 Å². The number of ether oxygens (including phenoxy) is 1. The molecule has 1 aromatic rings. The summed E-state index contributed by atoms with van der Waals surface area (Å²) in [6.45, 7) is 6.68. The molecule has 0 spiro atoms. The Morgan fingerprint density at radius 1 is 1.38 bits per heavy atom. The van der Waals surface area contributed by atoms with Gasteiger partial charge in [0, 0.05) is 31.5 Å². The molecule has 1 aromatic heterocycles. The van der Waals surface area contributed by atoms with Gasteiger partial charge in [0.1, 0.15) is 0 Å². The number of hydrogen-bond donors (Lipinski definition) is 0. The number of likely N-dealkylation sites (tertiary alicyclic amines) is 1. The van der Waals surface area contributed by atoms with Crippen molar-refractivity contribution in [3.05, 3.63) is 18.5 Å². The van der Waals surface area contributed by atoms with Crippen LogP contribution in [0.1, 0.15) is 19.8 Å². The highest BCUT2D eigenvalue weighted by Crippen LogP contribution is 2.22. The van der Waals surface area contributed by atoms with E-state index >= 15 is 0 Å². The van der Waals surface area contributed by atoms with E-state index in [0.29, 0.717) is 19.3 Å². The predicted molar refractivity (Wildman–Crippen MR) is 78.8 cm³/mol. The van der Waals surface area contributed by atoms with Crippen molar-refractivity contribution in [2.75, 3.05) is 32.8 Å². The molecule has 3 heterocycles. The lowest BCUT2D eigenvalue weighted by molar-refractivity contribution is -0.141. The van der Waals surface area contributed by atoms with Crippen LogP contribution in [0.4, 0.5) is 0 Å². The second-order valence-corrected chi connectivity index (χ2v) is 5.88. The summed E-state index contributed by atoms with van der Waals surface area (Å²) in [5, 5.41) is 4.29. The van der Waals surface area contributed by atoms with Crippen molar-refractivity contribution in [2.45, 2.75) is 38.4 Å². The molecule has 1 amide bonds. The lowest BCUT2D eigenvalue weighted by Crippen LogP contribution is -2.52. The van der Waals surface area contributed by atoms with Crippen LogP contribution < -0.4 is 0 Å². The number of amides is 1. The SMILES string of the molecule is C[C@@H](C(=O)N1CCOCC1)N1CCC[C@H]1Cn1cccn1. The van der Waals surface area contributed by atoms with Crippen molar-refractivity contribution in [1.82, 2.24) is 19.6 Å². The maximum absolute atomic E-state index is 12.6. The van der Waals surface area contributed by atoms with Crippen LogP contribution in [0.15, 0.2) is 18.5 Å². The van der Waals surface area contributed by atoms with Crippen LogP contribution >= 0.6 is 0 Å². The van der Waals surface area contributed by atoms with Gasteiger partial charge in [0.05, 0.1) is 25.8 Å². The largest absolute Gasteiger partial charge is 0.378 e. The third kappa shape index (κ3) is 3.27. The Labute approximate surface area is 125 Å². The lowest BCUT2D eigenvalue weighted by atomic mass is 10.1. The fourth-order valence-electron chi connectivity index (χ4n) is 3.38. The Morgan fingerprint density at radius 3 is 2.90 bits per heavy atom. The molecule has 2 fully saturated rings. The number of rotatable bonds is 4. The molecule has 0 saturated carbocycles. The van der Waals surface area contributed by atoms with Crippen LogP contribution in [-0.4, -0.2) is 70.4 Å². The van der Waals surface area contributed by atoms with Gasteiger partial charge in [0.15, 0.2) is 0 Å². The monoisotopic (exact) mass is 292 g/mol. The van der Waals surface area contributed by atoms with E-state index in [1.54, 1.807) is 0 Å². The minimum atomic E-state index is -0.0498. The van der Waals surface area contributed by atoms with Crippen LogP contribution in [0, 0.1) is 0 Å². The van der Waals surface area contributed by atoms with Gasteiger partial charge in [-0.1, -0.05) is 0 Å². The molecule has 116 valence electrons. The predicted octanol–water partition coefficient (Wildman–Crippen LogP) is 0.595. The van der Waals surface area contributed by atoms with Crippen LogP contribution in [-0.2, 0) is 16.1 Å². The Kier molecular flexibility index (Phi) is 4.55. The molecular formula is C15H24N4O2. The second kappa shape index (κ2) is 6.58. The van der Waals surface area contributed by atoms with Crippen molar-refractivity contribution in [3.8, 4) is 0 Å². The summed E-state index contributed by atoms with van der Waals surface area (Å²) in [5.74, 6) is 0.241. The van der Waals surface area contributed by atoms with E-state index in [1.165, 1.54) is 0 Å². The van der Waals surface area contributed by atoms with Gasteiger partial charge in [0.25, 0.3) is 0 Å². The first-order chi connectivity index (χ1) is 10.3. The van der Waals surface area contributed by atoms with Crippen LogP contribution in [0.3, 0.4) is 0 Å². The third-order valence-corrected chi connectivity index (χ3v) is 4.56. The molecule has 2 saturated heterocycles. The molecule has 21 heavy (non-hydrogen) atoms. The number of aromatic nitrogens is 2. The van der Waals surface area contributed by atoms with E-state index in [-0.39, 0.29) is 11.9 Å². The first kappa shape index (κ1) is 14.5. The highest BCUT2D eigenvalue weighted by molar-refractivity contribution is 5.81. The second-order valence-electron chi connectivity index (χ2n) is 5.88. The molecule has 2 aliphatic heterocycles. The van der Waals surface area contributed by atoms with Crippen molar-refractivity contribution >= 4 is 5.91 Å². The van der Waals surface area contributed by atoms with Gasteiger partial charge in [0.2, 0.25) is 5.91 Å². The molecule has 2 aliphatic rings. The lowest BCUT2D eigenvalue weighted by Gasteiger charge is -2.35. The molecule has 6 heteroatoms. The van der Waals surface area contributed by atoms with Gasteiger partial charge in [-0.15, -0.1) is 0 Å². The van der Waals surface area contributed by atoms with Gasteiger partial charge in [-0.2, -0.15) is 5.10 Å². The fraction of sp³-hybridized carbons (Fsp3) is 0.733. The summed E-state index contributed by atoms with van der Waals surface area (Å²) >= 11 is 0. The van der Waals surface area contributed by atoms with Crippen molar-refractivity contribution in [3.63, 3.8) is 0 Å². The maximum atomic E-state index is 12.6. The molecular weight excluding hydrogens is 268 g/mol. The Morgan fingerprint density at radius 2 is 2.19 bits per heavy atom. The topological polar surface area (TPSA) is 50.6 Å². The number of morpholine rings is 1. The average Bonchev–Trinajstić information content (AvgIpc) is 3.19. The normalized spacial score (nSPS) is 25.2. The van der Waals surface area contributed by atoms with Gasteiger partial charge in [-0.3, -0.25) is 14.4 Å². The first-order valence-electron chi connectivity index (χ1n) is 7.85. The Bertz CT molecular complexity index is 456. The zero-order valence-electron chi connectivity index (χ0n) is 12.6. The summed E-state index contributed by atoms with van der Waals surface area (Å²) in [4.78, 5) is 16.9. The van der Waals surface area contributed by atoms with E-state index in [4.69, 9.17) is 4.74 Å². The fourth-order valence-corrected chi connectivity index (χ4v) is 3.38. The Balaban J connectivity index is 1.62. The van der Waals surface area contributed by atoms with Crippen molar-refractivity contribution in [2.24, 2.45) is 0 Å². The quantitative estimate of drug-likeness (QED) is 0.815. The highest BCUT2D eigenvalue weighted by atomic mass is 16.5. The molecule has 0 N–H and O–H groups in total. The van der Waals surface area contributed by atoms with E-state index in [2.05, 4.69) is 10.00 Å². The first-order valence-corrected chi connectivity index (χ1v) is 7.85. The molecule has 0 aromatic carbocycles. The summed E-state index contributed by atoms with van der Waals surface area (Å²) in [6, 6.07) is 2.30. The highest BCUT2D eigenvalue weighted by Gasteiger charge is 2.34. The summed E-state index contributed by atoms with van der Waals surface area (Å²) in [7, 11) is 0. The van der Waals surface area contributed by atoms with E-state index in [1.807, 2.05) is 35.0 Å². The van der Waals surface area contributed by atoms with Crippen molar-refractivity contribution in [1.29, 1.82) is 0 Å². The van der Waals surface area contributed by atoms with Crippen LogP contribution in [0.2, 0.25) is 0 Å². The number of carbonyl (C=O) groups is 1. The summed E-state index contributed by atoms with van der Waals surface area (Å²) in [5.41, 5.74) is 0. The molecule has 3 rings (SSSR count). The molecule has 2 atom stereocenters. The van der Waals surface area contributed by atoms with Gasteiger partial charge >= 0.3 is 0 Å². The van der Waals surface area contributed by atoms with E-state index < -0.39 is 0 Å². The molecule has 0 aliphatic carbocycles. The smallest absolute Gasteiger partial charge is 0.239 e. The average molecular weight is 292 g/mol. The van der Waals surface area contributed by atoms with Crippen molar-refractivity contribution < 1.29 is 9.53 Å². The zero-order chi connectivity index (χ0) is 14.7. The zero-order valence-corrected chi connectivity index (χ0v) is 12.6. The molecule has 0 radical (unpaired) electrons. The molecule has 6 nitrogen and oxygen atoms in total. The minimum absolute atomic E-state index is 0.0498.